The normalized spacial score (nSPS) is 20.7. The van der Waals surface area contributed by atoms with E-state index in [1.807, 2.05) is 56.6 Å². The van der Waals surface area contributed by atoms with Crippen LogP contribution in [0, 0.1) is 0 Å². The van der Waals surface area contributed by atoms with Gasteiger partial charge < -0.3 is 9.80 Å². The highest BCUT2D eigenvalue weighted by Gasteiger charge is 2.30. The highest BCUT2D eigenvalue weighted by Crippen LogP contribution is 2.15. The van der Waals surface area contributed by atoms with E-state index in [0.29, 0.717) is 19.6 Å². The van der Waals surface area contributed by atoms with Crippen molar-refractivity contribution >= 4 is 11.8 Å². The molecule has 0 saturated carbocycles. The van der Waals surface area contributed by atoms with Crippen molar-refractivity contribution in [2.45, 2.75) is 53.5 Å². The lowest BCUT2D eigenvalue weighted by atomic mass is 10.1. The van der Waals surface area contributed by atoms with Gasteiger partial charge in [-0.1, -0.05) is 26.0 Å². The van der Waals surface area contributed by atoms with Crippen LogP contribution in [-0.4, -0.2) is 47.3 Å². The summed E-state index contributed by atoms with van der Waals surface area (Å²) in [5.74, 6) is 0.189. The number of amides is 2. The molecule has 118 valence electrons. The van der Waals surface area contributed by atoms with Gasteiger partial charge in [0.15, 0.2) is 0 Å². The number of hydrogen-bond donors (Lipinski definition) is 0. The second-order valence-electron chi connectivity index (χ2n) is 5.69. The van der Waals surface area contributed by atoms with Crippen molar-refractivity contribution in [3.05, 3.63) is 23.3 Å². The maximum atomic E-state index is 12.4. The van der Waals surface area contributed by atoms with Gasteiger partial charge in [-0.05, 0) is 33.6 Å². The van der Waals surface area contributed by atoms with E-state index in [4.69, 9.17) is 0 Å². The molecule has 1 atom stereocenters. The van der Waals surface area contributed by atoms with Crippen LogP contribution in [0.1, 0.15) is 47.5 Å². The second-order valence-corrected chi connectivity index (χ2v) is 5.69. The van der Waals surface area contributed by atoms with Crippen molar-refractivity contribution in [1.29, 1.82) is 0 Å². The Morgan fingerprint density at radius 1 is 1.00 bits per heavy atom. The number of carbonyl (C=O) groups excluding carboxylic acids is 2. The van der Waals surface area contributed by atoms with Gasteiger partial charge in [0.1, 0.15) is 0 Å². The zero-order chi connectivity index (χ0) is 16.0. The van der Waals surface area contributed by atoms with Crippen molar-refractivity contribution in [3.8, 4) is 0 Å². The molecule has 1 fully saturated rings. The largest absolute Gasteiger partial charge is 0.335 e. The minimum absolute atomic E-state index is 0.0600. The quantitative estimate of drug-likeness (QED) is 0.748. The van der Waals surface area contributed by atoms with Gasteiger partial charge in [-0.2, -0.15) is 0 Å². The summed E-state index contributed by atoms with van der Waals surface area (Å²) in [6.07, 6.45) is 5.65. The number of nitrogens with zero attached hydrogens (tertiary/aromatic N) is 2. The number of carbonyl (C=O) groups is 2. The molecule has 0 aromatic rings. The average Bonchev–Trinajstić information content (AvgIpc) is 2.46. The van der Waals surface area contributed by atoms with Crippen molar-refractivity contribution < 1.29 is 9.59 Å². The molecule has 4 nitrogen and oxygen atoms in total. The first-order valence-electron chi connectivity index (χ1n) is 7.86. The monoisotopic (exact) mass is 292 g/mol. The molecule has 1 saturated heterocycles. The van der Waals surface area contributed by atoms with Gasteiger partial charge in [-0.3, -0.25) is 9.59 Å². The summed E-state index contributed by atoms with van der Waals surface area (Å²) >= 11 is 0. The van der Waals surface area contributed by atoms with Crippen LogP contribution in [0.2, 0.25) is 0 Å². The van der Waals surface area contributed by atoms with E-state index in [9.17, 15) is 9.59 Å². The van der Waals surface area contributed by atoms with Crippen molar-refractivity contribution in [3.63, 3.8) is 0 Å². The number of allylic oxidation sites excluding steroid dienone is 2. The summed E-state index contributed by atoms with van der Waals surface area (Å²) in [4.78, 5) is 28.4. The van der Waals surface area contributed by atoms with E-state index in [1.54, 1.807) is 0 Å². The Hall–Kier alpha value is -1.58. The van der Waals surface area contributed by atoms with E-state index >= 15 is 0 Å². The smallest absolute Gasteiger partial charge is 0.249 e. The van der Waals surface area contributed by atoms with E-state index in [2.05, 4.69) is 0 Å². The van der Waals surface area contributed by atoms with E-state index in [0.717, 1.165) is 24.0 Å². The molecule has 4 heteroatoms. The van der Waals surface area contributed by atoms with E-state index < -0.39 is 0 Å². The molecule has 21 heavy (non-hydrogen) atoms. The van der Waals surface area contributed by atoms with Crippen molar-refractivity contribution in [1.82, 2.24) is 9.80 Å². The van der Waals surface area contributed by atoms with E-state index in [1.165, 1.54) is 0 Å². The standard InChI is InChI=1S/C17H28N2O2/c1-6-8-13(3)16(20)18-10-11-19(15(5)12-18)17(21)14(4)9-7-2/h8-9,15H,6-7,10-12H2,1-5H3/t15-/m0/s1. The first-order valence-corrected chi connectivity index (χ1v) is 7.86. The molecule has 0 aromatic carbocycles. The lowest BCUT2D eigenvalue weighted by Crippen LogP contribution is -2.55. The van der Waals surface area contributed by atoms with Crippen LogP contribution >= 0.6 is 0 Å². The van der Waals surface area contributed by atoms with Crippen LogP contribution in [0.25, 0.3) is 0 Å². The molecular weight excluding hydrogens is 264 g/mol. The van der Waals surface area contributed by atoms with Gasteiger partial charge in [0.05, 0.1) is 0 Å². The minimum Gasteiger partial charge on any atom is -0.335 e. The molecule has 1 aliphatic heterocycles. The average molecular weight is 292 g/mol. The lowest BCUT2D eigenvalue weighted by molar-refractivity contribution is -0.138. The molecule has 1 rings (SSSR count). The predicted octanol–water partition coefficient (Wildman–Crippen LogP) is 2.76. The summed E-state index contributed by atoms with van der Waals surface area (Å²) < 4.78 is 0. The summed E-state index contributed by atoms with van der Waals surface area (Å²) in [7, 11) is 0. The van der Waals surface area contributed by atoms with E-state index in [-0.39, 0.29) is 17.9 Å². The van der Waals surface area contributed by atoms with Crippen molar-refractivity contribution in [2.24, 2.45) is 0 Å². The van der Waals surface area contributed by atoms with Gasteiger partial charge >= 0.3 is 0 Å². The zero-order valence-corrected chi connectivity index (χ0v) is 14.0. The zero-order valence-electron chi connectivity index (χ0n) is 14.0. The van der Waals surface area contributed by atoms with Gasteiger partial charge in [0, 0.05) is 36.8 Å². The topological polar surface area (TPSA) is 40.6 Å². The van der Waals surface area contributed by atoms with Crippen LogP contribution in [0.4, 0.5) is 0 Å². The Kier molecular flexibility index (Phi) is 6.66. The highest BCUT2D eigenvalue weighted by atomic mass is 16.2. The summed E-state index contributed by atoms with van der Waals surface area (Å²) in [6, 6.07) is 0.0600. The molecule has 0 spiro atoms. The molecule has 1 aliphatic rings. The third-order valence-corrected chi connectivity index (χ3v) is 3.87. The van der Waals surface area contributed by atoms with Gasteiger partial charge in [-0.15, -0.1) is 0 Å². The SMILES string of the molecule is CCC=C(C)C(=O)N1CCN(C(=O)C(C)=CCC)[C@@H](C)C1. The summed E-state index contributed by atoms with van der Waals surface area (Å²) in [6.45, 7) is 11.6. The number of piperazine rings is 1. The predicted molar refractivity (Wildman–Crippen MR) is 85.9 cm³/mol. The molecule has 0 radical (unpaired) electrons. The molecule has 2 amide bonds. The Balaban J connectivity index is 2.71. The Labute approximate surface area is 128 Å². The van der Waals surface area contributed by atoms with Crippen LogP contribution in [0.5, 0.6) is 0 Å². The third kappa shape index (κ3) is 4.45. The van der Waals surface area contributed by atoms with Gasteiger partial charge in [-0.25, -0.2) is 0 Å². The molecular formula is C17H28N2O2. The highest BCUT2D eigenvalue weighted by molar-refractivity contribution is 5.94. The molecule has 0 unspecified atom stereocenters. The molecule has 1 heterocycles. The first-order chi connectivity index (χ1) is 9.92. The fraction of sp³-hybridized carbons (Fsp3) is 0.647. The lowest BCUT2D eigenvalue weighted by Gasteiger charge is -2.40. The van der Waals surface area contributed by atoms with Crippen LogP contribution < -0.4 is 0 Å². The van der Waals surface area contributed by atoms with Crippen molar-refractivity contribution in [2.75, 3.05) is 19.6 Å². The Morgan fingerprint density at radius 3 is 2.00 bits per heavy atom. The van der Waals surface area contributed by atoms with Crippen LogP contribution in [0.15, 0.2) is 23.3 Å². The summed E-state index contributed by atoms with van der Waals surface area (Å²) in [5.41, 5.74) is 1.60. The minimum atomic E-state index is 0.0600. The molecule has 0 N–H and O–H groups in total. The maximum Gasteiger partial charge on any atom is 0.249 e. The molecule has 0 bridgehead atoms. The van der Waals surface area contributed by atoms with Gasteiger partial charge in [0.25, 0.3) is 0 Å². The fourth-order valence-corrected chi connectivity index (χ4v) is 2.71. The number of hydrogen-bond acceptors (Lipinski definition) is 2. The van der Waals surface area contributed by atoms with Crippen LogP contribution in [0.3, 0.4) is 0 Å². The number of rotatable bonds is 4. The molecule has 0 aliphatic carbocycles. The first kappa shape index (κ1) is 17.5. The third-order valence-electron chi connectivity index (χ3n) is 3.87. The Bertz CT molecular complexity index is 452. The van der Waals surface area contributed by atoms with Crippen LogP contribution in [-0.2, 0) is 9.59 Å². The molecule has 0 aromatic heterocycles. The fourth-order valence-electron chi connectivity index (χ4n) is 2.71. The summed E-state index contributed by atoms with van der Waals surface area (Å²) in [5, 5.41) is 0. The second kappa shape index (κ2) is 8.01. The Morgan fingerprint density at radius 2 is 1.52 bits per heavy atom. The maximum absolute atomic E-state index is 12.4. The van der Waals surface area contributed by atoms with Gasteiger partial charge in [0.2, 0.25) is 11.8 Å².